The Bertz CT molecular complexity index is 1510. The predicted octanol–water partition coefficient (Wildman–Crippen LogP) is 16.2. The molecule has 1 fully saturated rings. The molecule has 1 rings (SSSR count). The first-order chi connectivity index (χ1) is 38.7. The molecular weight excluding hydrogens is 991 g/mol. The van der Waals surface area contributed by atoms with E-state index in [4.69, 9.17) is 14.2 Å². The lowest BCUT2D eigenvalue weighted by Crippen LogP contribution is -2.61. The summed E-state index contributed by atoms with van der Waals surface area (Å²) in [5.74, 6) is -1.20. The van der Waals surface area contributed by atoms with Gasteiger partial charge in [0.05, 0.1) is 25.4 Å². The van der Waals surface area contributed by atoms with Gasteiger partial charge in [-0.3, -0.25) is 9.59 Å². The molecule has 6 N–H and O–H groups in total. The maximum absolute atomic E-state index is 13.5. The fraction of sp³-hybridized carbons (Fsp3) is 0.824. The number of allylic oxidation sites excluding steroid dienone is 9. The van der Waals surface area contributed by atoms with Crippen molar-refractivity contribution in [1.82, 2.24) is 5.32 Å². The number of aliphatic hydroxyl groups excluding tert-OH is 5. The molecule has 1 amide bonds. The molecule has 0 spiro atoms. The quantitative estimate of drug-likeness (QED) is 0.0195. The van der Waals surface area contributed by atoms with Crippen LogP contribution in [0.3, 0.4) is 0 Å². The number of carbonyl (C=O) groups is 2. The van der Waals surface area contributed by atoms with E-state index in [0.29, 0.717) is 12.8 Å². The molecule has 0 aliphatic carbocycles. The summed E-state index contributed by atoms with van der Waals surface area (Å²) in [6, 6.07) is -1.03. The number of hydrogen-bond acceptors (Lipinski definition) is 10. The third kappa shape index (κ3) is 43.7. The van der Waals surface area contributed by atoms with Gasteiger partial charge in [-0.05, 0) is 70.6 Å². The Morgan fingerprint density at radius 2 is 0.873 bits per heavy atom. The average Bonchev–Trinajstić information content (AvgIpc) is 3.49. The van der Waals surface area contributed by atoms with Crippen LogP contribution in [0.25, 0.3) is 0 Å². The number of nitrogens with one attached hydrogen (secondary N) is 1. The van der Waals surface area contributed by atoms with E-state index >= 15 is 0 Å². The van der Waals surface area contributed by atoms with Crippen LogP contribution < -0.4 is 5.32 Å². The van der Waals surface area contributed by atoms with Gasteiger partial charge in [0.2, 0.25) is 5.91 Å². The largest absolute Gasteiger partial charge is 0.454 e. The lowest BCUT2D eigenvalue weighted by Gasteiger charge is -2.41. The number of esters is 1. The molecule has 0 aromatic carbocycles. The molecule has 79 heavy (non-hydrogen) atoms. The lowest BCUT2D eigenvalue weighted by atomic mass is 9.99. The summed E-state index contributed by atoms with van der Waals surface area (Å²) in [6.45, 7) is 5.78. The number of aliphatic hydroxyl groups is 5. The van der Waals surface area contributed by atoms with Crippen LogP contribution in [-0.4, -0.2) is 99.6 Å². The molecule has 0 saturated carbocycles. The van der Waals surface area contributed by atoms with Crippen molar-refractivity contribution in [3.8, 4) is 0 Å². The summed E-state index contributed by atoms with van der Waals surface area (Å²) in [5.41, 5.74) is 0. The van der Waals surface area contributed by atoms with Crippen LogP contribution in [0.15, 0.2) is 60.8 Å². The highest BCUT2D eigenvalue weighted by Gasteiger charge is 2.47. The second-order valence-electron chi connectivity index (χ2n) is 22.9. The van der Waals surface area contributed by atoms with E-state index < -0.39 is 67.4 Å². The van der Waals surface area contributed by atoms with Gasteiger partial charge in [0, 0.05) is 6.42 Å². The maximum atomic E-state index is 13.5. The SMILES string of the molecule is CCCCC/C=C\C/C=C\C/C=C\C/C=C\CCCCCCCCC(O)C(=O)NC(COC1OC(CO)C(O)C(O)C1OC(=O)CCCCCCCCCCCCCCCCC)C(O)/C=C/CCCCCCCCCCCCC. The fourth-order valence-electron chi connectivity index (χ4n) is 10.2. The van der Waals surface area contributed by atoms with Crippen LogP contribution in [0, 0.1) is 0 Å². The van der Waals surface area contributed by atoms with E-state index in [1.54, 1.807) is 6.08 Å². The van der Waals surface area contributed by atoms with Crippen molar-refractivity contribution >= 4 is 11.9 Å². The van der Waals surface area contributed by atoms with Crippen LogP contribution in [0.4, 0.5) is 0 Å². The third-order valence-corrected chi connectivity index (χ3v) is 15.4. The van der Waals surface area contributed by atoms with Gasteiger partial charge in [-0.1, -0.05) is 281 Å². The van der Waals surface area contributed by atoms with Crippen LogP contribution >= 0.6 is 0 Å². The zero-order valence-electron chi connectivity index (χ0n) is 51.0. The van der Waals surface area contributed by atoms with Crippen molar-refractivity contribution in [3.63, 3.8) is 0 Å². The summed E-state index contributed by atoms with van der Waals surface area (Å²) in [7, 11) is 0. The Balaban J connectivity index is 2.66. The number of amides is 1. The molecule has 1 aliphatic heterocycles. The van der Waals surface area contributed by atoms with Crippen molar-refractivity contribution < 1.29 is 49.3 Å². The van der Waals surface area contributed by atoms with Gasteiger partial charge < -0.3 is 45.1 Å². The minimum atomic E-state index is -1.61. The molecular formula is C68H123NO10. The van der Waals surface area contributed by atoms with E-state index in [-0.39, 0.29) is 19.4 Å². The number of rotatable bonds is 56. The third-order valence-electron chi connectivity index (χ3n) is 15.4. The van der Waals surface area contributed by atoms with Crippen LogP contribution in [0.2, 0.25) is 0 Å². The highest BCUT2D eigenvalue weighted by Crippen LogP contribution is 2.26. The van der Waals surface area contributed by atoms with Crippen LogP contribution in [0.5, 0.6) is 0 Å². The number of unbranched alkanes of at least 4 members (excludes halogenated alkanes) is 34. The molecule has 8 atom stereocenters. The fourth-order valence-corrected chi connectivity index (χ4v) is 10.2. The van der Waals surface area contributed by atoms with E-state index in [0.717, 1.165) is 96.3 Å². The Hall–Kier alpha value is -2.64. The van der Waals surface area contributed by atoms with Crippen molar-refractivity contribution in [2.75, 3.05) is 13.2 Å². The summed E-state index contributed by atoms with van der Waals surface area (Å²) in [5, 5.41) is 57.1. The molecule has 460 valence electrons. The molecule has 1 saturated heterocycles. The summed E-state index contributed by atoms with van der Waals surface area (Å²) >= 11 is 0. The first kappa shape index (κ1) is 74.4. The molecule has 0 aromatic heterocycles. The summed E-state index contributed by atoms with van der Waals surface area (Å²) in [4.78, 5) is 26.6. The van der Waals surface area contributed by atoms with Gasteiger partial charge >= 0.3 is 5.97 Å². The Morgan fingerprint density at radius 3 is 1.33 bits per heavy atom. The van der Waals surface area contributed by atoms with Gasteiger partial charge in [-0.2, -0.15) is 0 Å². The first-order valence-corrected chi connectivity index (χ1v) is 33.1. The zero-order chi connectivity index (χ0) is 57.5. The van der Waals surface area contributed by atoms with Crippen molar-refractivity contribution in [2.24, 2.45) is 0 Å². The highest BCUT2D eigenvalue weighted by molar-refractivity contribution is 5.80. The Morgan fingerprint density at radius 1 is 0.494 bits per heavy atom. The minimum Gasteiger partial charge on any atom is -0.454 e. The number of hydrogen-bond donors (Lipinski definition) is 6. The molecule has 11 nitrogen and oxygen atoms in total. The maximum Gasteiger partial charge on any atom is 0.306 e. The summed E-state index contributed by atoms with van der Waals surface area (Å²) in [6.07, 6.45) is 59.6. The van der Waals surface area contributed by atoms with Crippen molar-refractivity contribution in [3.05, 3.63) is 60.8 Å². The van der Waals surface area contributed by atoms with Crippen LogP contribution in [0.1, 0.15) is 297 Å². The molecule has 0 bridgehead atoms. The molecule has 8 unspecified atom stereocenters. The van der Waals surface area contributed by atoms with Crippen molar-refractivity contribution in [1.29, 1.82) is 0 Å². The molecule has 1 aliphatic rings. The lowest BCUT2D eigenvalue weighted by molar-refractivity contribution is -0.305. The average molecular weight is 1110 g/mol. The van der Waals surface area contributed by atoms with Gasteiger partial charge in [-0.25, -0.2) is 0 Å². The second-order valence-corrected chi connectivity index (χ2v) is 22.9. The second kappa shape index (κ2) is 55.9. The van der Waals surface area contributed by atoms with Crippen molar-refractivity contribution in [2.45, 2.75) is 346 Å². The zero-order valence-corrected chi connectivity index (χ0v) is 51.0. The van der Waals surface area contributed by atoms with Gasteiger partial charge in [0.15, 0.2) is 12.4 Å². The number of ether oxygens (including phenoxy) is 3. The molecule has 1 heterocycles. The highest BCUT2D eigenvalue weighted by atomic mass is 16.7. The normalized spacial score (nSPS) is 19.2. The first-order valence-electron chi connectivity index (χ1n) is 33.1. The smallest absolute Gasteiger partial charge is 0.306 e. The van der Waals surface area contributed by atoms with Gasteiger partial charge in [-0.15, -0.1) is 0 Å². The van der Waals surface area contributed by atoms with Gasteiger partial charge in [0.1, 0.15) is 24.4 Å². The molecule has 11 heteroatoms. The monoisotopic (exact) mass is 1110 g/mol. The predicted molar refractivity (Wildman–Crippen MR) is 329 cm³/mol. The number of carbonyl (C=O) groups excluding carboxylic acids is 2. The van der Waals surface area contributed by atoms with E-state index in [1.165, 1.54) is 154 Å². The Kier molecular flexibility index (Phi) is 52.6. The minimum absolute atomic E-state index is 0.125. The van der Waals surface area contributed by atoms with E-state index in [9.17, 15) is 35.1 Å². The standard InChI is InChI=1S/C68H123NO10/c1-4-7-10-13-16-19-22-25-27-28-29-30-31-32-33-35-37-40-43-46-49-52-55-61(72)67(76)69-59(60(71)54-51-48-45-42-39-36-24-21-18-15-12-9-6-3)58-77-68-66(65(75)64(74)62(57-70)78-68)79-63(73)56-53-50-47-44-41-38-34-26-23-20-17-14-11-8-5-2/h16,19,25,27,29-30,32-33,51,54,59-62,64-66,68,70-72,74-75H,4-15,17-18,20-24,26,28,31,34-50,52-53,55-58H2,1-3H3,(H,69,76)/b19-16-,27-25-,30-29-,33-32-,54-51+. The molecule has 0 radical (unpaired) electrons. The Labute approximate surface area is 484 Å². The van der Waals surface area contributed by atoms with E-state index in [2.05, 4.69) is 74.7 Å². The van der Waals surface area contributed by atoms with Crippen LogP contribution in [-0.2, 0) is 23.8 Å². The van der Waals surface area contributed by atoms with E-state index in [1.807, 2.05) is 6.08 Å². The molecule has 0 aromatic rings. The van der Waals surface area contributed by atoms with Gasteiger partial charge in [0.25, 0.3) is 0 Å². The topological polar surface area (TPSA) is 175 Å². The summed E-state index contributed by atoms with van der Waals surface area (Å²) < 4.78 is 17.6.